The molecule has 0 aliphatic heterocycles. The number of benzene rings is 3. The number of hydrogen-bond donors (Lipinski definition) is 0. The van der Waals surface area contributed by atoms with Gasteiger partial charge in [-0.2, -0.15) is 4.99 Å². The Balaban J connectivity index is 1.46. The van der Waals surface area contributed by atoms with Gasteiger partial charge in [-0.1, -0.05) is 86.9 Å². The van der Waals surface area contributed by atoms with Crippen LogP contribution in [0, 0.1) is 24.7 Å². The van der Waals surface area contributed by atoms with E-state index in [2.05, 4.69) is 84.4 Å². The summed E-state index contributed by atoms with van der Waals surface area (Å²) < 4.78 is 0. The number of thiocarbonyl (C=S) groups is 1. The molecule has 0 radical (unpaired) electrons. The van der Waals surface area contributed by atoms with E-state index in [0.717, 1.165) is 34.2 Å². The van der Waals surface area contributed by atoms with Crippen LogP contribution in [-0.4, -0.2) is 5.16 Å². The third-order valence-corrected chi connectivity index (χ3v) is 7.49. The Morgan fingerprint density at radius 1 is 0.857 bits per heavy atom. The maximum atomic E-state index is 4.71. The normalized spacial score (nSPS) is 17.2. The fraction of sp³-hybridized carbons (Fsp3) is 0.364. The van der Waals surface area contributed by atoms with Crippen LogP contribution in [0.5, 0.6) is 0 Å². The first kappa shape index (κ1) is 25.1. The summed E-state index contributed by atoms with van der Waals surface area (Å²) in [6.45, 7) is 4.35. The van der Waals surface area contributed by atoms with E-state index in [0.29, 0.717) is 0 Å². The van der Waals surface area contributed by atoms with E-state index in [1.165, 1.54) is 68.1 Å². The Morgan fingerprint density at radius 2 is 1.60 bits per heavy atom. The average molecular weight is 478 g/mol. The molecule has 178 valence electrons. The van der Waals surface area contributed by atoms with Gasteiger partial charge < -0.3 is 0 Å². The first-order valence-electron chi connectivity index (χ1n) is 13.1. The average Bonchev–Trinajstić information content (AvgIpc) is 2.89. The summed E-state index contributed by atoms with van der Waals surface area (Å²) in [7, 11) is 0. The standard InChI is InChI=1S/C33H35NS/c1-3-4-5-8-26-11-13-28(14-12-26)29-16-19-31(20-17-29)33-10-7-6-9-30(33)18-15-27-21-22-32(34-24-35)23-25(27)2/h6-7,9-10,16-17,19-23,26,28H,3-5,8,11-14H2,1-2H3. The Morgan fingerprint density at radius 3 is 2.31 bits per heavy atom. The monoisotopic (exact) mass is 477 g/mol. The quantitative estimate of drug-likeness (QED) is 0.143. The van der Waals surface area contributed by atoms with Gasteiger partial charge >= 0.3 is 0 Å². The highest BCUT2D eigenvalue weighted by molar-refractivity contribution is 7.78. The number of unbranched alkanes of at least 4 members (excludes halogenated alkanes) is 2. The molecule has 0 bridgehead atoms. The van der Waals surface area contributed by atoms with Crippen molar-refractivity contribution in [1.82, 2.24) is 0 Å². The molecule has 4 rings (SSSR count). The molecule has 0 N–H and O–H groups in total. The predicted molar refractivity (Wildman–Crippen MR) is 153 cm³/mol. The van der Waals surface area contributed by atoms with Crippen LogP contribution < -0.4 is 0 Å². The van der Waals surface area contributed by atoms with Crippen molar-refractivity contribution in [3.05, 3.63) is 89.0 Å². The molecular formula is C33H35NS. The molecule has 3 aromatic rings. The lowest BCUT2D eigenvalue weighted by molar-refractivity contribution is 0.303. The molecule has 1 saturated carbocycles. The second-order valence-corrected chi connectivity index (χ2v) is 10.0. The van der Waals surface area contributed by atoms with Gasteiger partial charge in [0.2, 0.25) is 0 Å². The number of aliphatic imine (C=N–C) groups is 1. The molecule has 0 amide bonds. The maximum Gasteiger partial charge on any atom is 0.0743 e. The van der Waals surface area contributed by atoms with Crippen LogP contribution in [0.3, 0.4) is 0 Å². The van der Waals surface area contributed by atoms with Gasteiger partial charge in [0.05, 0.1) is 10.8 Å². The molecule has 0 saturated heterocycles. The third-order valence-electron chi connectivity index (χ3n) is 7.40. The maximum absolute atomic E-state index is 4.71. The lowest BCUT2D eigenvalue weighted by Gasteiger charge is -2.29. The SMILES string of the molecule is CCCCCC1CCC(c2ccc(-c3ccccc3C#Cc3ccc(N=C=S)cc3C)cc2)CC1. The summed E-state index contributed by atoms with van der Waals surface area (Å²) in [5, 5.41) is 2.42. The van der Waals surface area contributed by atoms with Crippen LogP contribution in [-0.2, 0) is 0 Å². The molecule has 35 heavy (non-hydrogen) atoms. The van der Waals surface area contributed by atoms with Crippen LogP contribution in [0.2, 0.25) is 0 Å². The largest absolute Gasteiger partial charge is 0.195 e. The van der Waals surface area contributed by atoms with Crippen molar-refractivity contribution >= 4 is 23.1 Å². The van der Waals surface area contributed by atoms with Gasteiger partial charge in [-0.3, -0.25) is 0 Å². The lowest BCUT2D eigenvalue weighted by atomic mass is 9.77. The fourth-order valence-corrected chi connectivity index (χ4v) is 5.40. The van der Waals surface area contributed by atoms with Crippen molar-refractivity contribution in [3.8, 4) is 23.0 Å². The molecule has 0 unspecified atom stereocenters. The molecular weight excluding hydrogens is 442 g/mol. The van der Waals surface area contributed by atoms with Gasteiger partial charge in [0.25, 0.3) is 0 Å². The molecule has 0 aromatic heterocycles. The number of isothiocyanates is 1. The summed E-state index contributed by atoms with van der Waals surface area (Å²) in [5.74, 6) is 8.43. The van der Waals surface area contributed by atoms with Gasteiger partial charge in [-0.25, -0.2) is 0 Å². The van der Waals surface area contributed by atoms with Gasteiger partial charge in [0, 0.05) is 11.1 Å². The number of hydrogen-bond acceptors (Lipinski definition) is 2. The summed E-state index contributed by atoms with van der Waals surface area (Å²) in [6.07, 6.45) is 11.0. The number of nitrogens with zero attached hydrogens (tertiary/aromatic N) is 1. The second-order valence-electron chi connectivity index (χ2n) is 9.83. The van der Waals surface area contributed by atoms with Crippen molar-refractivity contribution in [2.45, 2.75) is 71.1 Å². The van der Waals surface area contributed by atoms with Crippen molar-refractivity contribution in [1.29, 1.82) is 0 Å². The van der Waals surface area contributed by atoms with E-state index < -0.39 is 0 Å². The minimum absolute atomic E-state index is 0.718. The minimum Gasteiger partial charge on any atom is -0.195 e. The second kappa shape index (κ2) is 12.6. The first-order valence-corrected chi connectivity index (χ1v) is 13.5. The highest BCUT2D eigenvalue weighted by atomic mass is 32.1. The summed E-state index contributed by atoms with van der Waals surface area (Å²) in [4.78, 5) is 4.06. The van der Waals surface area contributed by atoms with Crippen molar-refractivity contribution in [3.63, 3.8) is 0 Å². The highest BCUT2D eigenvalue weighted by Crippen LogP contribution is 2.38. The highest BCUT2D eigenvalue weighted by Gasteiger charge is 2.22. The van der Waals surface area contributed by atoms with E-state index in [1.54, 1.807) is 0 Å². The Kier molecular flexibility index (Phi) is 9.08. The fourth-order valence-electron chi connectivity index (χ4n) is 5.29. The molecule has 1 aliphatic rings. The Labute approximate surface area is 216 Å². The molecule has 0 atom stereocenters. The smallest absolute Gasteiger partial charge is 0.0743 e. The van der Waals surface area contributed by atoms with Crippen LogP contribution >= 0.6 is 12.2 Å². The van der Waals surface area contributed by atoms with E-state index in [4.69, 9.17) is 12.2 Å². The van der Waals surface area contributed by atoms with Crippen LogP contribution in [0.15, 0.2) is 71.7 Å². The van der Waals surface area contributed by atoms with E-state index >= 15 is 0 Å². The van der Waals surface area contributed by atoms with Crippen molar-refractivity contribution in [2.24, 2.45) is 10.9 Å². The van der Waals surface area contributed by atoms with Gasteiger partial charge in [0.15, 0.2) is 0 Å². The zero-order valence-corrected chi connectivity index (χ0v) is 21.8. The minimum atomic E-state index is 0.718. The van der Waals surface area contributed by atoms with Crippen molar-refractivity contribution < 1.29 is 0 Å². The predicted octanol–water partition coefficient (Wildman–Crippen LogP) is 9.65. The Bertz CT molecular complexity index is 1230. The number of aryl methyl sites for hydroxylation is 1. The summed E-state index contributed by atoms with van der Waals surface area (Å²) >= 11 is 4.71. The molecule has 2 heteroatoms. The van der Waals surface area contributed by atoms with E-state index in [-0.39, 0.29) is 0 Å². The van der Waals surface area contributed by atoms with Gasteiger partial charge in [0.1, 0.15) is 0 Å². The topological polar surface area (TPSA) is 12.4 Å². The number of rotatable bonds is 7. The van der Waals surface area contributed by atoms with Crippen LogP contribution in [0.25, 0.3) is 11.1 Å². The summed E-state index contributed by atoms with van der Waals surface area (Å²) in [6, 6.07) is 23.6. The van der Waals surface area contributed by atoms with Crippen LogP contribution in [0.4, 0.5) is 5.69 Å². The zero-order valence-electron chi connectivity index (χ0n) is 21.0. The van der Waals surface area contributed by atoms with Crippen LogP contribution in [0.1, 0.15) is 86.5 Å². The molecule has 1 aliphatic carbocycles. The molecule has 0 spiro atoms. The van der Waals surface area contributed by atoms with Gasteiger partial charge in [-0.15, -0.1) is 0 Å². The molecule has 1 fully saturated rings. The van der Waals surface area contributed by atoms with Gasteiger partial charge in [-0.05, 0) is 103 Å². The van der Waals surface area contributed by atoms with E-state index in [1.807, 2.05) is 18.2 Å². The lowest BCUT2D eigenvalue weighted by Crippen LogP contribution is -2.13. The molecule has 0 heterocycles. The van der Waals surface area contributed by atoms with E-state index in [9.17, 15) is 0 Å². The third kappa shape index (κ3) is 6.79. The zero-order chi connectivity index (χ0) is 24.5. The Hall–Kier alpha value is -2.98. The molecule has 1 nitrogen and oxygen atoms in total. The van der Waals surface area contributed by atoms with Crippen molar-refractivity contribution in [2.75, 3.05) is 0 Å². The molecule has 3 aromatic carbocycles. The first-order chi connectivity index (χ1) is 17.2. The summed E-state index contributed by atoms with van der Waals surface area (Å²) in [5.41, 5.74) is 7.87.